The first kappa shape index (κ1) is 19.3. The van der Waals surface area contributed by atoms with Crippen LogP contribution in [0.2, 0.25) is 0 Å². The Morgan fingerprint density at radius 3 is 2.28 bits per heavy atom. The highest BCUT2D eigenvalue weighted by molar-refractivity contribution is 7.87. The second kappa shape index (κ2) is 7.88. The Balaban J connectivity index is 2.10. The van der Waals surface area contributed by atoms with Crippen LogP contribution in [0.15, 0.2) is 48.5 Å². The van der Waals surface area contributed by atoms with Gasteiger partial charge in [-0.15, -0.1) is 0 Å². The number of halogens is 3. The van der Waals surface area contributed by atoms with Gasteiger partial charge in [0.25, 0.3) is 0 Å². The Morgan fingerprint density at radius 2 is 1.64 bits per heavy atom. The number of alkyl halides is 3. The quantitative estimate of drug-likeness (QED) is 0.747. The van der Waals surface area contributed by atoms with Gasteiger partial charge < -0.3 is 9.29 Å². The number of benzene rings is 2. The summed E-state index contributed by atoms with van der Waals surface area (Å²) in [5.41, 5.74) is 2.12. The topological polar surface area (TPSA) is 63.6 Å². The van der Waals surface area contributed by atoms with Crippen molar-refractivity contribution in [3.8, 4) is 16.9 Å². The minimum absolute atomic E-state index is 0.0268. The van der Waals surface area contributed by atoms with Crippen LogP contribution in [0.4, 0.5) is 13.2 Å². The third kappa shape index (κ3) is 6.39. The van der Waals surface area contributed by atoms with Crippen molar-refractivity contribution in [1.29, 1.82) is 0 Å². The molecule has 0 aromatic heterocycles. The van der Waals surface area contributed by atoms with Crippen molar-refractivity contribution in [2.24, 2.45) is 0 Å². The average molecular weight is 374 g/mol. The van der Waals surface area contributed by atoms with E-state index in [1.807, 2.05) is 0 Å². The molecule has 0 spiro atoms. The van der Waals surface area contributed by atoms with Gasteiger partial charge >= 0.3 is 16.3 Å². The molecule has 0 radical (unpaired) electrons. The number of aliphatic hydroxyl groups excluding tert-OH is 1. The molecule has 0 aliphatic heterocycles. The molecule has 0 fully saturated rings. The molecule has 2 aromatic carbocycles. The lowest BCUT2D eigenvalue weighted by molar-refractivity contribution is -0.134. The predicted octanol–water partition coefficient (Wildman–Crippen LogP) is 3.90. The number of aliphatic hydroxyl groups is 1. The predicted molar refractivity (Wildman–Crippen MR) is 87.5 cm³/mol. The molecule has 4 nitrogen and oxygen atoms in total. The molecule has 0 amide bonds. The van der Waals surface area contributed by atoms with E-state index in [0.717, 1.165) is 5.56 Å². The molecule has 0 saturated carbocycles. The van der Waals surface area contributed by atoms with Gasteiger partial charge in [-0.1, -0.05) is 30.3 Å². The Kier molecular flexibility index (Phi) is 6.07. The third-order valence-corrected chi connectivity index (χ3v) is 4.59. The van der Waals surface area contributed by atoms with Crippen LogP contribution in [0.1, 0.15) is 18.4 Å². The van der Waals surface area contributed by atoms with Crippen LogP contribution in [0, 0.1) is 0 Å². The van der Waals surface area contributed by atoms with Crippen LogP contribution in [-0.2, 0) is 16.7 Å². The summed E-state index contributed by atoms with van der Waals surface area (Å²) >= 11 is 0. The lowest BCUT2D eigenvalue weighted by atomic mass is 10.0. The fraction of sp³-hybridized carbons (Fsp3) is 0.294. The van der Waals surface area contributed by atoms with Crippen molar-refractivity contribution < 1.29 is 30.9 Å². The highest BCUT2D eigenvalue weighted by Gasteiger charge is 2.27. The summed E-state index contributed by atoms with van der Waals surface area (Å²) in [6.07, 6.45) is -6.12. The number of hydrogen-bond acceptors (Lipinski definition) is 4. The standard InChI is InChI=1S/C17H17F3O4S/c18-17(19,20)8-3-9-25(22,23)24-16-7-2-6-15(11-16)14-5-1-4-13(10-14)12-21/h1-2,4-7,10-11,21H,3,8-9,12H2. The van der Waals surface area contributed by atoms with E-state index in [2.05, 4.69) is 0 Å². The molecule has 0 heterocycles. The van der Waals surface area contributed by atoms with Gasteiger partial charge in [0.15, 0.2) is 0 Å². The van der Waals surface area contributed by atoms with Gasteiger partial charge in [-0.05, 0) is 41.3 Å². The fourth-order valence-corrected chi connectivity index (χ4v) is 3.19. The molecule has 1 N–H and O–H groups in total. The van der Waals surface area contributed by atoms with Crippen LogP contribution in [0.25, 0.3) is 11.1 Å². The zero-order chi connectivity index (χ0) is 18.5. The van der Waals surface area contributed by atoms with Gasteiger partial charge in [0.05, 0.1) is 12.4 Å². The molecule has 136 valence electrons. The van der Waals surface area contributed by atoms with Gasteiger partial charge in [0.1, 0.15) is 5.75 Å². The first-order valence-electron chi connectivity index (χ1n) is 7.48. The van der Waals surface area contributed by atoms with E-state index in [4.69, 9.17) is 4.18 Å². The number of rotatable bonds is 7. The lowest BCUT2D eigenvalue weighted by Crippen LogP contribution is -2.16. The van der Waals surface area contributed by atoms with E-state index in [-0.39, 0.29) is 12.4 Å². The highest BCUT2D eigenvalue weighted by Crippen LogP contribution is 2.26. The summed E-state index contributed by atoms with van der Waals surface area (Å²) in [5, 5.41) is 9.17. The molecule has 0 saturated heterocycles. The maximum Gasteiger partial charge on any atom is 0.389 e. The van der Waals surface area contributed by atoms with E-state index in [1.165, 1.54) is 12.1 Å². The Morgan fingerprint density at radius 1 is 1.00 bits per heavy atom. The van der Waals surface area contributed by atoms with Gasteiger partial charge in [0.2, 0.25) is 0 Å². The molecule has 0 aliphatic rings. The first-order valence-corrected chi connectivity index (χ1v) is 9.05. The van der Waals surface area contributed by atoms with Crippen LogP contribution in [0.5, 0.6) is 5.75 Å². The van der Waals surface area contributed by atoms with Crippen molar-refractivity contribution in [1.82, 2.24) is 0 Å². The lowest BCUT2D eigenvalue weighted by Gasteiger charge is -2.10. The highest BCUT2D eigenvalue weighted by atomic mass is 32.2. The maximum atomic E-state index is 12.1. The van der Waals surface area contributed by atoms with Crippen molar-refractivity contribution in [2.45, 2.75) is 25.6 Å². The second-order valence-electron chi connectivity index (χ2n) is 5.45. The van der Waals surface area contributed by atoms with Crippen molar-refractivity contribution >= 4 is 10.1 Å². The van der Waals surface area contributed by atoms with Gasteiger partial charge in [-0.3, -0.25) is 0 Å². The summed E-state index contributed by atoms with van der Waals surface area (Å²) in [5.74, 6) is -0.685. The van der Waals surface area contributed by atoms with Gasteiger partial charge in [-0.25, -0.2) is 0 Å². The SMILES string of the molecule is O=S(=O)(CCCC(F)(F)F)Oc1cccc(-c2cccc(CO)c2)c1. The molecule has 2 rings (SSSR count). The van der Waals surface area contributed by atoms with E-state index in [0.29, 0.717) is 11.1 Å². The summed E-state index contributed by atoms with van der Waals surface area (Å²) < 4.78 is 64.8. The van der Waals surface area contributed by atoms with Crippen LogP contribution >= 0.6 is 0 Å². The third-order valence-electron chi connectivity index (χ3n) is 3.35. The number of hydrogen-bond donors (Lipinski definition) is 1. The molecule has 0 aliphatic carbocycles. The van der Waals surface area contributed by atoms with Crippen molar-refractivity contribution in [3.05, 3.63) is 54.1 Å². The molecular formula is C17H17F3O4S. The molecule has 2 aromatic rings. The minimum atomic E-state index is -4.40. The summed E-state index contributed by atoms with van der Waals surface area (Å²) in [6, 6.07) is 13.3. The average Bonchev–Trinajstić information content (AvgIpc) is 2.53. The molecule has 0 bridgehead atoms. The summed E-state index contributed by atoms with van der Waals surface area (Å²) in [6.45, 7) is -0.127. The van der Waals surface area contributed by atoms with E-state index in [1.54, 1.807) is 36.4 Å². The largest absolute Gasteiger partial charge is 0.392 e. The first-order chi connectivity index (χ1) is 11.7. The summed E-state index contributed by atoms with van der Waals surface area (Å²) in [7, 11) is -4.11. The molecular weight excluding hydrogens is 357 g/mol. The zero-order valence-electron chi connectivity index (χ0n) is 13.2. The normalized spacial score (nSPS) is 12.2. The minimum Gasteiger partial charge on any atom is -0.392 e. The summed E-state index contributed by atoms with van der Waals surface area (Å²) in [4.78, 5) is 0. The smallest absolute Gasteiger partial charge is 0.389 e. The monoisotopic (exact) mass is 374 g/mol. The van der Waals surface area contributed by atoms with Crippen LogP contribution < -0.4 is 4.18 Å². The molecule has 0 unspecified atom stereocenters. The van der Waals surface area contributed by atoms with Crippen LogP contribution in [-0.4, -0.2) is 25.5 Å². The second-order valence-corrected chi connectivity index (χ2v) is 7.14. The Hall–Kier alpha value is -2.06. The molecule has 0 atom stereocenters. The Labute approximate surface area is 144 Å². The van der Waals surface area contributed by atoms with Crippen molar-refractivity contribution in [3.63, 3.8) is 0 Å². The maximum absolute atomic E-state index is 12.1. The van der Waals surface area contributed by atoms with E-state index in [9.17, 15) is 26.7 Å². The van der Waals surface area contributed by atoms with Gasteiger partial charge in [0, 0.05) is 6.42 Å². The van der Waals surface area contributed by atoms with E-state index >= 15 is 0 Å². The van der Waals surface area contributed by atoms with Crippen molar-refractivity contribution in [2.75, 3.05) is 5.75 Å². The van der Waals surface area contributed by atoms with Crippen LogP contribution in [0.3, 0.4) is 0 Å². The molecule has 8 heteroatoms. The molecule has 25 heavy (non-hydrogen) atoms. The Bertz CT molecular complexity index is 817. The van der Waals surface area contributed by atoms with Gasteiger partial charge in [-0.2, -0.15) is 21.6 Å². The fourth-order valence-electron chi connectivity index (χ4n) is 2.21. The zero-order valence-corrected chi connectivity index (χ0v) is 14.0. The van der Waals surface area contributed by atoms with E-state index < -0.39 is 34.9 Å².